The lowest BCUT2D eigenvalue weighted by atomic mass is 10.2. The van der Waals surface area contributed by atoms with E-state index in [4.69, 9.17) is 15.2 Å². The van der Waals surface area contributed by atoms with Crippen LogP contribution >= 0.6 is 11.5 Å². The van der Waals surface area contributed by atoms with Crippen LogP contribution in [0.3, 0.4) is 0 Å². The van der Waals surface area contributed by atoms with Crippen LogP contribution in [-0.2, 0) is 9.47 Å². The minimum absolute atomic E-state index is 0.626. The summed E-state index contributed by atoms with van der Waals surface area (Å²) in [5.41, 5.74) is 7.28. The second kappa shape index (κ2) is 7.07. The number of nitrogens with two attached hydrogens (primary N) is 1. The molecule has 0 amide bonds. The summed E-state index contributed by atoms with van der Waals surface area (Å²) in [6, 6.07) is 0. The van der Waals surface area contributed by atoms with Gasteiger partial charge in [-0.2, -0.15) is 4.37 Å². The second-order valence-corrected chi connectivity index (χ2v) is 5.64. The van der Waals surface area contributed by atoms with Crippen molar-refractivity contribution in [3.8, 4) is 0 Å². The maximum atomic E-state index is 6.02. The van der Waals surface area contributed by atoms with Gasteiger partial charge in [0.05, 0.1) is 6.61 Å². The summed E-state index contributed by atoms with van der Waals surface area (Å²) in [5.74, 6) is 1.35. The SMILES string of the molecule is COCCCN(CCOC)c1snc(N)c1C1CC1. The Morgan fingerprint density at radius 2 is 2.00 bits per heavy atom. The van der Waals surface area contributed by atoms with Gasteiger partial charge in [-0.3, -0.25) is 0 Å². The van der Waals surface area contributed by atoms with E-state index in [0.29, 0.717) is 5.92 Å². The molecular formula is C13H23N3O2S. The van der Waals surface area contributed by atoms with Gasteiger partial charge in [-0.15, -0.1) is 0 Å². The predicted octanol–water partition coefficient (Wildman–Crippen LogP) is 2.09. The molecule has 1 heterocycles. The normalized spacial score (nSPS) is 14.8. The minimum Gasteiger partial charge on any atom is -0.385 e. The van der Waals surface area contributed by atoms with Crippen molar-refractivity contribution >= 4 is 22.4 Å². The van der Waals surface area contributed by atoms with E-state index in [1.54, 1.807) is 14.2 Å². The highest BCUT2D eigenvalue weighted by molar-refractivity contribution is 7.10. The van der Waals surface area contributed by atoms with Gasteiger partial charge >= 0.3 is 0 Å². The van der Waals surface area contributed by atoms with Crippen molar-refractivity contribution in [1.82, 2.24) is 4.37 Å². The lowest BCUT2D eigenvalue weighted by Crippen LogP contribution is -2.29. The smallest absolute Gasteiger partial charge is 0.142 e. The number of nitrogen functional groups attached to an aromatic ring is 1. The van der Waals surface area contributed by atoms with Gasteiger partial charge in [-0.1, -0.05) is 0 Å². The van der Waals surface area contributed by atoms with Gasteiger partial charge in [0.15, 0.2) is 0 Å². The molecule has 1 fully saturated rings. The number of nitrogens with zero attached hydrogens (tertiary/aromatic N) is 2. The Balaban J connectivity index is 2.07. The molecule has 19 heavy (non-hydrogen) atoms. The molecule has 0 unspecified atom stereocenters. The zero-order valence-electron chi connectivity index (χ0n) is 11.7. The fraction of sp³-hybridized carbons (Fsp3) is 0.769. The number of rotatable bonds is 9. The highest BCUT2D eigenvalue weighted by Gasteiger charge is 2.32. The van der Waals surface area contributed by atoms with Gasteiger partial charge in [0.2, 0.25) is 0 Å². The molecule has 0 bridgehead atoms. The minimum atomic E-state index is 0.626. The van der Waals surface area contributed by atoms with E-state index in [9.17, 15) is 0 Å². The van der Waals surface area contributed by atoms with Crippen LogP contribution in [0.25, 0.3) is 0 Å². The third-order valence-electron chi connectivity index (χ3n) is 3.35. The van der Waals surface area contributed by atoms with E-state index in [-0.39, 0.29) is 0 Å². The first kappa shape index (κ1) is 14.6. The summed E-state index contributed by atoms with van der Waals surface area (Å²) < 4.78 is 14.7. The average molecular weight is 285 g/mol. The van der Waals surface area contributed by atoms with Gasteiger partial charge in [-0.05, 0) is 36.7 Å². The lowest BCUT2D eigenvalue weighted by molar-refractivity contribution is 0.191. The largest absolute Gasteiger partial charge is 0.385 e. The molecule has 1 aromatic heterocycles. The third kappa shape index (κ3) is 3.81. The first-order chi connectivity index (χ1) is 9.27. The summed E-state index contributed by atoms with van der Waals surface area (Å²) in [4.78, 5) is 2.34. The van der Waals surface area contributed by atoms with Gasteiger partial charge < -0.3 is 20.1 Å². The van der Waals surface area contributed by atoms with Crippen LogP contribution in [0.1, 0.15) is 30.7 Å². The molecule has 2 N–H and O–H groups in total. The molecule has 6 heteroatoms. The number of aromatic nitrogens is 1. The third-order valence-corrected chi connectivity index (χ3v) is 4.29. The fourth-order valence-electron chi connectivity index (χ4n) is 2.20. The zero-order chi connectivity index (χ0) is 13.7. The van der Waals surface area contributed by atoms with Crippen LogP contribution < -0.4 is 10.6 Å². The molecule has 2 rings (SSSR count). The van der Waals surface area contributed by atoms with Crippen LogP contribution in [0.5, 0.6) is 0 Å². The fourth-order valence-corrected chi connectivity index (χ4v) is 3.15. The van der Waals surface area contributed by atoms with Crippen molar-refractivity contribution in [2.24, 2.45) is 0 Å². The molecule has 5 nitrogen and oxygen atoms in total. The van der Waals surface area contributed by atoms with E-state index >= 15 is 0 Å². The predicted molar refractivity (Wildman–Crippen MR) is 79.1 cm³/mol. The van der Waals surface area contributed by atoms with Crippen molar-refractivity contribution < 1.29 is 9.47 Å². The monoisotopic (exact) mass is 285 g/mol. The molecule has 1 aliphatic carbocycles. The van der Waals surface area contributed by atoms with Gasteiger partial charge in [0.1, 0.15) is 10.8 Å². The summed E-state index contributed by atoms with van der Waals surface area (Å²) in [6.07, 6.45) is 3.49. The second-order valence-electron chi connectivity index (χ2n) is 4.89. The Morgan fingerprint density at radius 1 is 1.26 bits per heavy atom. The van der Waals surface area contributed by atoms with E-state index in [0.717, 1.165) is 38.5 Å². The highest BCUT2D eigenvalue weighted by Crippen LogP contribution is 2.48. The molecule has 0 aromatic carbocycles. The summed E-state index contributed by atoms with van der Waals surface area (Å²) in [7, 11) is 3.47. The Kier molecular flexibility index (Phi) is 5.42. The standard InChI is InChI=1S/C13H23N3O2S/c1-17-8-3-6-16(7-9-18-2)13-11(10-4-5-10)12(14)15-19-13/h10H,3-9H2,1-2H3,(H2,14,15). The summed E-state index contributed by atoms with van der Waals surface area (Å²) in [6.45, 7) is 3.32. The Bertz CT molecular complexity index is 393. The molecule has 108 valence electrons. The topological polar surface area (TPSA) is 60.6 Å². The molecular weight excluding hydrogens is 262 g/mol. The summed E-state index contributed by atoms with van der Waals surface area (Å²) >= 11 is 1.52. The number of methoxy groups -OCH3 is 2. The average Bonchev–Trinajstić information content (AvgIpc) is 3.17. The molecule has 0 saturated heterocycles. The Hall–Kier alpha value is -0.850. The Morgan fingerprint density at radius 3 is 2.63 bits per heavy atom. The van der Waals surface area contributed by atoms with E-state index < -0.39 is 0 Å². The van der Waals surface area contributed by atoms with Crippen LogP contribution in [0.2, 0.25) is 0 Å². The molecule has 1 aromatic rings. The van der Waals surface area contributed by atoms with Crippen LogP contribution in [-0.4, -0.2) is 44.9 Å². The lowest BCUT2D eigenvalue weighted by Gasteiger charge is -2.23. The van der Waals surface area contributed by atoms with Crippen LogP contribution in [0.4, 0.5) is 10.8 Å². The van der Waals surface area contributed by atoms with E-state index in [2.05, 4.69) is 9.27 Å². The van der Waals surface area contributed by atoms with Crippen molar-refractivity contribution in [2.45, 2.75) is 25.2 Å². The van der Waals surface area contributed by atoms with Crippen LogP contribution in [0, 0.1) is 0 Å². The Labute approximate surface area is 118 Å². The number of ether oxygens (including phenoxy) is 2. The number of hydrogen-bond donors (Lipinski definition) is 1. The maximum absolute atomic E-state index is 6.02. The first-order valence-electron chi connectivity index (χ1n) is 6.75. The molecule has 0 aliphatic heterocycles. The molecule has 1 aliphatic rings. The molecule has 0 atom stereocenters. The number of anilines is 2. The van der Waals surface area contributed by atoms with Gasteiger partial charge in [0.25, 0.3) is 0 Å². The molecule has 1 saturated carbocycles. The van der Waals surface area contributed by atoms with Gasteiger partial charge in [0, 0.05) is 39.5 Å². The van der Waals surface area contributed by atoms with Crippen molar-refractivity contribution in [2.75, 3.05) is 51.2 Å². The van der Waals surface area contributed by atoms with Crippen molar-refractivity contribution in [3.63, 3.8) is 0 Å². The quantitative estimate of drug-likeness (QED) is 0.704. The van der Waals surface area contributed by atoms with Crippen LogP contribution in [0.15, 0.2) is 0 Å². The first-order valence-corrected chi connectivity index (χ1v) is 7.53. The van der Waals surface area contributed by atoms with E-state index in [1.807, 2.05) is 0 Å². The van der Waals surface area contributed by atoms with Gasteiger partial charge in [-0.25, -0.2) is 0 Å². The van der Waals surface area contributed by atoms with Crippen molar-refractivity contribution in [3.05, 3.63) is 5.56 Å². The molecule has 0 radical (unpaired) electrons. The maximum Gasteiger partial charge on any atom is 0.142 e. The highest BCUT2D eigenvalue weighted by atomic mass is 32.1. The van der Waals surface area contributed by atoms with Crippen molar-refractivity contribution in [1.29, 1.82) is 0 Å². The van der Waals surface area contributed by atoms with E-state index in [1.165, 1.54) is 34.9 Å². The molecule has 0 spiro atoms. The summed E-state index contributed by atoms with van der Waals surface area (Å²) in [5, 5.41) is 1.23. The zero-order valence-corrected chi connectivity index (χ0v) is 12.5. The number of hydrogen-bond acceptors (Lipinski definition) is 6.